The molecule has 1 aromatic carbocycles. The molecule has 0 aliphatic rings. The molecule has 0 atom stereocenters. The number of nitrogens with two attached hydrogens (primary N) is 1. The van der Waals surface area contributed by atoms with E-state index in [1.165, 1.54) is 0 Å². The average Bonchev–Trinajstić information content (AvgIpc) is 2.75. The number of hydrogen-bond acceptors (Lipinski definition) is 4. The van der Waals surface area contributed by atoms with Gasteiger partial charge in [0.25, 0.3) is 5.91 Å². The molecule has 0 radical (unpaired) electrons. The van der Waals surface area contributed by atoms with Crippen molar-refractivity contribution in [1.82, 2.24) is 15.4 Å². The second kappa shape index (κ2) is 4.79. The number of rotatable bonds is 3. The summed E-state index contributed by atoms with van der Waals surface area (Å²) in [6.07, 6.45) is -5.03. The number of aromatic amines is 1. The molecule has 0 spiro atoms. The van der Waals surface area contributed by atoms with Crippen LogP contribution in [0.25, 0.3) is 11.3 Å². The van der Waals surface area contributed by atoms with Crippen molar-refractivity contribution in [2.45, 2.75) is 6.36 Å². The van der Waals surface area contributed by atoms with Gasteiger partial charge >= 0.3 is 6.36 Å². The quantitative estimate of drug-likeness (QED) is 0.840. The van der Waals surface area contributed by atoms with Gasteiger partial charge in [-0.1, -0.05) is 6.07 Å². The fraction of sp³-hybridized carbons (Fsp3) is 0.100. The molecule has 3 N–H and O–H groups in total. The lowest BCUT2D eigenvalue weighted by atomic mass is 10.1. The molecule has 0 unspecified atom stereocenters. The van der Waals surface area contributed by atoms with Crippen LogP contribution in [0.2, 0.25) is 0 Å². The van der Waals surface area contributed by atoms with Gasteiger partial charge in [0.15, 0.2) is 5.69 Å². The van der Waals surface area contributed by atoms with Gasteiger partial charge in [-0.25, -0.2) is 4.39 Å². The van der Waals surface area contributed by atoms with Crippen LogP contribution in [0.3, 0.4) is 0 Å². The van der Waals surface area contributed by atoms with Crippen LogP contribution in [0.5, 0.6) is 5.75 Å². The molecule has 0 saturated carbocycles. The summed E-state index contributed by atoms with van der Waals surface area (Å²) in [6.45, 7) is 0. The lowest BCUT2D eigenvalue weighted by molar-refractivity contribution is -0.274. The van der Waals surface area contributed by atoms with Crippen molar-refractivity contribution in [3.8, 4) is 17.0 Å². The maximum absolute atomic E-state index is 13.8. The third-order valence-corrected chi connectivity index (χ3v) is 2.22. The van der Waals surface area contributed by atoms with Crippen LogP contribution in [-0.2, 0) is 0 Å². The van der Waals surface area contributed by atoms with E-state index in [1.807, 2.05) is 5.21 Å². The second-order valence-electron chi connectivity index (χ2n) is 3.55. The summed E-state index contributed by atoms with van der Waals surface area (Å²) in [5.74, 6) is -2.99. The lowest BCUT2D eigenvalue weighted by Gasteiger charge is -2.12. The van der Waals surface area contributed by atoms with Gasteiger partial charge in [-0.05, 0) is 12.1 Å². The van der Waals surface area contributed by atoms with Crippen LogP contribution in [0.15, 0.2) is 18.2 Å². The fourth-order valence-corrected chi connectivity index (χ4v) is 1.52. The Morgan fingerprint density at radius 3 is 2.60 bits per heavy atom. The predicted molar refractivity (Wildman–Crippen MR) is 57.0 cm³/mol. The number of nitrogens with zero attached hydrogens (tertiary/aromatic N) is 2. The summed E-state index contributed by atoms with van der Waals surface area (Å²) in [5, 5.41) is 8.78. The van der Waals surface area contributed by atoms with Crippen LogP contribution in [0.4, 0.5) is 17.6 Å². The molecule has 2 rings (SSSR count). The van der Waals surface area contributed by atoms with Crippen molar-refractivity contribution < 1.29 is 27.1 Å². The topological polar surface area (TPSA) is 93.9 Å². The van der Waals surface area contributed by atoms with Crippen LogP contribution < -0.4 is 10.5 Å². The van der Waals surface area contributed by atoms with Crippen LogP contribution in [-0.4, -0.2) is 27.7 Å². The summed E-state index contributed by atoms with van der Waals surface area (Å²) in [4.78, 5) is 11.1. The zero-order valence-corrected chi connectivity index (χ0v) is 9.53. The van der Waals surface area contributed by atoms with Gasteiger partial charge in [0.1, 0.15) is 17.3 Å². The zero-order valence-electron chi connectivity index (χ0n) is 9.53. The van der Waals surface area contributed by atoms with E-state index in [4.69, 9.17) is 5.73 Å². The number of halogens is 4. The normalized spacial score (nSPS) is 11.4. The molecule has 0 aliphatic carbocycles. The molecular formula is C10H6F4N4O2. The van der Waals surface area contributed by atoms with Crippen molar-refractivity contribution in [3.05, 3.63) is 29.7 Å². The van der Waals surface area contributed by atoms with E-state index < -0.39 is 40.8 Å². The van der Waals surface area contributed by atoms with Crippen molar-refractivity contribution in [2.75, 3.05) is 0 Å². The van der Waals surface area contributed by atoms with Gasteiger partial charge in [0.05, 0.1) is 5.56 Å². The van der Waals surface area contributed by atoms with E-state index in [0.29, 0.717) is 0 Å². The molecule has 2 aromatic rings. The van der Waals surface area contributed by atoms with Gasteiger partial charge in [0, 0.05) is 0 Å². The Kier molecular flexibility index (Phi) is 3.30. The van der Waals surface area contributed by atoms with Crippen molar-refractivity contribution >= 4 is 5.91 Å². The summed E-state index contributed by atoms with van der Waals surface area (Å²) in [5.41, 5.74) is 3.36. The maximum Gasteiger partial charge on any atom is 0.573 e. The number of alkyl halides is 3. The molecule has 1 heterocycles. The lowest BCUT2D eigenvalue weighted by Crippen LogP contribution is -2.18. The van der Waals surface area contributed by atoms with E-state index in [9.17, 15) is 22.4 Å². The second-order valence-corrected chi connectivity index (χ2v) is 3.55. The maximum atomic E-state index is 13.8. The summed E-state index contributed by atoms with van der Waals surface area (Å²) < 4.78 is 54.3. The Labute approximate surface area is 108 Å². The number of benzene rings is 1. The minimum Gasteiger partial charge on any atom is -0.405 e. The van der Waals surface area contributed by atoms with E-state index in [1.54, 1.807) is 0 Å². The number of ether oxygens (including phenoxy) is 1. The highest BCUT2D eigenvalue weighted by Crippen LogP contribution is 2.35. The van der Waals surface area contributed by atoms with Crippen molar-refractivity contribution in [1.29, 1.82) is 0 Å². The van der Waals surface area contributed by atoms with E-state index in [-0.39, 0.29) is 0 Å². The highest BCUT2D eigenvalue weighted by atomic mass is 19.4. The first-order valence-electron chi connectivity index (χ1n) is 5.05. The molecule has 0 fully saturated rings. The number of hydrogen-bond donors (Lipinski definition) is 2. The summed E-state index contributed by atoms with van der Waals surface area (Å²) >= 11 is 0. The third-order valence-electron chi connectivity index (χ3n) is 2.22. The first-order chi connectivity index (χ1) is 9.29. The van der Waals surface area contributed by atoms with Crippen LogP contribution in [0.1, 0.15) is 10.5 Å². The third kappa shape index (κ3) is 2.68. The Morgan fingerprint density at radius 2 is 2.00 bits per heavy atom. The van der Waals surface area contributed by atoms with Crippen molar-refractivity contribution in [2.24, 2.45) is 5.73 Å². The molecule has 20 heavy (non-hydrogen) atoms. The minimum atomic E-state index is -5.03. The standard InChI is InChI=1S/C10H6F4N4O2/c11-4-2-1-3-5(20-10(12,13)14)6(4)7-8(9(15)19)17-18-16-7/h1-3H,(H2,15,19)(H,16,17,18). The van der Waals surface area contributed by atoms with Gasteiger partial charge in [-0.2, -0.15) is 15.4 Å². The zero-order chi connectivity index (χ0) is 14.9. The first kappa shape index (κ1) is 13.8. The van der Waals surface area contributed by atoms with Crippen molar-refractivity contribution in [3.63, 3.8) is 0 Å². The molecule has 0 saturated heterocycles. The molecule has 1 amide bonds. The van der Waals surface area contributed by atoms with Gasteiger partial charge < -0.3 is 10.5 Å². The number of carbonyl (C=O) groups is 1. The smallest absolute Gasteiger partial charge is 0.405 e. The summed E-state index contributed by atoms with van der Waals surface area (Å²) in [6, 6.07) is 2.79. The van der Waals surface area contributed by atoms with Gasteiger partial charge in [-0.15, -0.1) is 13.2 Å². The van der Waals surface area contributed by atoms with E-state index in [2.05, 4.69) is 14.9 Å². The monoisotopic (exact) mass is 290 g/mol. The Morgan fingerprint density at radius 1 is 1.30 bits per heavy atom. The number of amides is 1. The highest BCUT2D eigenvalue weighted by Gasteiger charge is 2.34. The molecule has 1 aromatic heterocycles. The van der Waals surface area contributed by atoms with Crippen LogP contribution >= 0.6 is 0 Å². The van der Waals surface area contributed by atoms with E-state index >= 15 is 0 Å². The van der Waals surface area contributed by atoms with E-state index in [0.717, 1.165) is 18.2 Å². The predicted octanol–water partition coefficient (Wildman–Crippen LogP) is 1.61. The number of aromatic nitrogens is 3. The number of primary amides is 1. The SMILES string of the molecule is NC(=O)c1n[nH]nc1-c1c(F)cccc1OC(F)(F)F. The van der Waals surface area contributed by atoms with Gasteiger partial charge in [0.2, 0.25) is 0 Å². The number of nitrogens with one attached hydrogen (secondary N) is 1. The molecule has 6 nitrogen and oxygen atoms in total. The largest absolute Gasteiger partial charge is 0.573 e. The molecule has 10 heteroatoms. The Balaban J connectivity index is 2.61. The van der Waals surface area contributed by atoms with Gasteiger partial charge in [-0.3, -0.25) is 4.79 Å². The Bertz CT molecular complexity index is 653. The Hall–Kier alpha value is -2.65. The minimum absolute atomic E-state index is 0.463. The average molecular weight is 290 g/mol. The molecule has 0 aliphatic heterocycles. The molecular weight excluding hydrogens is 284 g/mol. The summed E-state index contributed by atoms with van der Waals surface area (Å²) in [7, 11) is 0. The number of carbonyl (C=O) groups excluding carboxylic acids is 1. The van der Waals surface area contributed by atoms with Crippen LogP contribution in [0, 0.1) is 5.82 Å². The fourth-order valence-electron chi connectivity index (χ4n) is 1.52. The number of H-pyrrole nitrogens is 1. The molecule has 106 valence electrons. The first-order valence-corrected chi connectivity index (χ1v) is 5.05. The molecule has 0 bridgehead atoms. The highest BCUT2D eigenvalue weighted by molar-refractivity contribution is 5.97.